The van der Waals surface area contributed by atoms with E-state index in [1.165, 1.54) is 12.7 Å². The molecule has 1 saturated carbocycles. The van der Waals surface area contributed by atoms with E-state index in [0.717, 1.165) is 25.7 Å². The van der Waals surface area contributed by atoms with Crippen molar-refractivity contribution in [3.05, 3.63) is 17.8 Å². The maximum Gasteiger partial charge on any atom is 0.254 e. The van der Waals surface area contributed by atoms with Crippen molar-refractivity contribution in [1.82, 2.24) is 9.97 Å². The molecule has 4 heteroatoms. The minimum atomic E-state index is -0.412. The predicted molar refractivity (Wildman–Crippen MR) is 75.9 cm³/mol. The third kappa shape index (κ3) is 3.69. The van der Waals surface area contributed by atoms with Gasteiger partial charge in [0.05, 0.1) is 5.69 Å². The fourth-order valence-corrected chi connectivity index (χ4v) is 2.71. The van der Waals surface area contributed by atoms with Gasteiger partial charge in [-0.2, -0.15) is 9.37 Å². The molecule has 20 heavy (non-hydrogen) atoms. The summed E-state index contributed by atoms with van der Waals surface area (Å²) in [6, 6.07) is 0. The van der Waals surface area contributed by atoms with E-state index in [4.69, 9.17) is 4.74 Å². The summed E-state index contributed by atoms with van der Waals surface area (Å²) in [7, 11) is 0. The van der Waals surface area contributed by atoms with Crippen LogP contribution in [0.3, 0.4) is 0 Å². The van der Waals surface area contributed by atoms with Gasteiger partial charge in [0, 0.05) is 12.3 Å². The summed E-state index contributed by atoms with van der Waals surface area (Å²) in [5.41, 5.74) is 0.505. The van der Waals surface area contributed by atoms with Crippen molar-refractivity contribution in [3.8, 4) is 17.7 Å². The van der Waals surface area contributed by atoms with E-state index in [0.29, 0.717) is 11.6 Å². The van der Waals surface area contributed by atoms with E-state index in [9.17, 15) is 4.39 Å². The molecule has 1 aromatic heterocycles. The fourth-order valence-electron chi connectivity index (χ4n) is 2.71. The van der Waals surface area contributed by atoms with Crippen molar-refractivity contribution in [2.45, 2.75) is 51.9 Å². The van der Waals surface area contributed by atoms with Gasteiger partial charge in [-0.15, -0.1) is 5.92 Å². The Hall–Kier alpha value is -1.63. The van der Waals surface area contributed by atoms with Crippen LogP contribution in [-0.4, -0.2) is 16.6 Å². The number of nitrogens with zero attached hydrogens (tertiary/aromatic N) is 2. The molecule has 0 N–H and O–H groups in total. The first-order valence-corrected chi connectivity index (χ1v) is 7.31. The molecule has 2 unspecified atom stereocenters. The molecule has 3 nitrogen and oxygen atoms in total. The summed E-state index contributed by atoms with van der Waals surface area (Å²) in [4.78, 5) is 8.01. The van der Waals surface area contributed by atoms with Gasteiger partial charge in [-0.1, -0.05) is 32.6 Å². The normalized spacial score (nSPS) is 21.9. The second kappa shape index (κ2) is 7.23. The van der Waals surface area contributed by atoms with Crippen molar-refractivity contribution < 1.29 is 9.13 Å². The van der Waals surface area contributed by atoms with Gasteiger partial charge in [-0.3, -0.25) is 0 Å². The Bertz CT molecular complexity index is 507. The largest absolute Gasteiger partial charge is 0.462 e. The SMILES string of the molecule is CCC#CCOc1ncnc(C2CCCC(C)C2)c1F. The van der Waals surface area contributed by atoms with Crippen molar-refractivity contribution in [2.75, 3.05) is 6.61 Å². The maximum absolute atomic E-state index is 14.4. The molecule has 0 aromatic carbocycles. The zero-order chi connectivity index (χ0) is 14.4. The average Bonchev–Trinajstić information content (AvgIpc) is 2.45. The standard InChI is InChI=1S/C16H21FN2O/c1-3-4-5-9-20-16-14(17)15(18-11-19-16)13-8-6-7-12(2)10-13/h11-13H,3,6-10H2,1-2H3. The molecule has 0 radical (unpaired) electrons. The topological polar surface area (TPSA) is 35.0 Å². The van der Waals surface area contributed by atoms with Crippen LogP contribution in [-0.2, 0) is 0 Å². The zero-order valence-electron chi connectivity index (χ0n) is 12.2. The first kappa shape index (κ1) is 14.8. The average molecular weight is 276 g/mol. The fraction of sp³-hybridized carbons (Fsp3) is 0.625. The van der Waals surface area contributed by atoms with Crippen molar-refractivity contribution in [2.24, 2.45) is 5.92 Å². The Morgan fingerprint density at radius 3 is 2.95 bits per heavy atom. The summed E-state index contributed by atoms with van der Waals surface area (Å²) < 4.78 is 19.7. The first-order chi connectivity index (χ1) is 9.72. The van der Waals surface area contributed by atoms with Crippen LogP contribution in [0.5, 0.6) is 5.88 Å². The highest BCUT2D eigenvalue weighted by Gasteiger charge is 2.26. The van der Waals surface area contributed by atoms with Crippen molar-refractivity contribution >= 4 is 0 Å². The summed E-state index contributed by atoms with van der Waals surface area (Å²) in [5, 5.41) is 0. The molecule has 0 aliphatic heterocycles. The Morgan fingerprint density at radius 2 is 2.20 bits per heavy atom. The Labute approximate surface area is 120 Å². The van der Waals surface area contributed by atoms with E-state index >= 15 is 0 Å². The van der Waals surface area contributed by atoms with Crippen LogP contribution >= 0.6 is 0 Å². The molecule has 0 spiro atoms. The second-order valence-electron chi connectivity index (χ2n) is 5.34. The summed E-state index contributed by atoms with van der Waals surface area (Å²) >= 11 is 0. The molecule has 2 atom stereocenters. The molecule has 2 rings (SSSR count). The number of rotatable bonds is 3. The van der Waals surface area contributed by atoms with E-state index in [1.54, 1.807) is 0 Å². The van der Waals surface area contributed by atoms with Gasteiger partial charge in [-0.25, -0.2) is 4.98 Å². The van der Waals surface area contributed by atoms with Gasteiger partial charge in [0.15, 0.2) is 6.61 Å². The lowest BCUT2D eigenvalue weighted by Gasteiger charge is -2.26. The van der Waals surface area contributed by atoms with Crippen LogP contribution in [0.25, 0.3) is 0 Å². The predicted octanol–water partition coefficient (Wildman–Crippen LogP) is 3.70. The number of hydrogen-bond acceptors (Lipinski definition) is 3. The van der Waals surface area contributed by atoms with Crippen LogP contribution in [0.2, 0.25) is 0 Å². The van der Waals surface area contributed by atoms with E-state index in [-0.39, 0.29) is 18.4 Å². The molecule has 1 heterocycles. The van der Waals surface area contributed by atoms with Crippen molar-refractivity contribution in [1.29, 1.82) is 0 Å². The quantitative estimate of drug-likeness (QED) is 0.790. The minimum absolute atomic E-state index is 0.0265. The highest BCUT2D eigenvalue weighted by atomic mass is 19.1. The van der Waals surface area contributed by atoms with Crippen LogP contribution < -0.4 is 4.74 Å². The maximum atomic E-state index is 14.4. The lowest BCUT2D eigenvalue weighted by atomic mass is 9.80. The highest BCUT2D eigenvalue weighted by Crippen LogP contribution is 2.37. The monoisotopic (exact) mass is 276 g/mol. The van der Waals surface area contributed by atoms with Gasteiger partial charge < -0.3 is 4.74 Å². The second-order valence-corrected chi connectivity index (χ2v) is 5.34. The molecule has 0 amide bonds. The minimum Gasteiger partial charge on any atom is -0.462 e. The lowest BCUT2D eigenvalue weighted by Crippen LogP contribution is -2.15. The summed E-state index contributed by atoms with van der Waals surface area (Å²) in [5.74, 6) is 6.13. The molecule has 1 aromatic rings. The lowest BCUT2D eigenvalue weighted by molar-refractivity contribution is 0.309. The van der Waals surface area contributed by atoms with Crippen LogP contribution in [0.4, 0.5) is 4.39 Å². The molecule has 1 fully saturated rings. The molecule has 1 aliphatic carbocycles. The first-order valence-electron chi connectivity index (χ1n) is 7.31. The molecule has 1 aliphatic rings. The number of halogens is 1. The van der Waals surface area contributed by atoms with Gasteiger partial charge in [0.25, 0.3) is 5.88 Å². The summed E-state index contributed by atoms with van der Waals surface area (Å²) in [6.07, 6.45) is 6.49. The Morgan fingerprint density at radius 1 is 1.35 bits per heavy atom. The van der Waals surface area contributed by atoms with Gasteiger partial charge in [-0.05, 0) is 18.8 Å². The van der Waals surface area contributed by atoms with Gasteiger partial charge in [0.2, 0.25) is 5.82 Å². The third-order valence-electron chi connectivity index (χ3n) is 3.69. The van der Waals surface area contributed by atoms with E-state index < -0.39 is 5.82 Å². The molecular weight excluding hydrogens is 255 g/mol. The van der Waals surface area contributed by atoms with Crippen LogP contribution in [0.15, 0.2) is 6.33 Å². The van der Waals surface area contributed by atoms with Crippen LogP contribution in [0.1, 0.15) is 57.6 Å². The zero-order valence-corrected chi connectivity index (χ0v) is 12.2. The number of hydrogen-bond donors (Lipinski definition) is 0. The molecule has 0 bridgehead atoms. The van der Waals surface area contributed by atoms with Gasteiger partial charge >= 0.3 is 0 Å². The van der Waals surface area contributed by atoms with Gasteiger partial charge in [0.1, 0.15) is 6.33 Å². The van der Waals surface area contributed by atoms with E-state index in [2.05, 4.69) is 28.7 Å². The van der Waals surface area contributed by atoms with Crippen molar-refractivity contribution in [3.63, 3.8) is 0 Å². The highest BCUT2D eigenvalue weighted by molar-refractivity contribution is 5.21. The Balaban J connectivity index is 2.10. The third-order valence-corrected chi connectivity index (χ3v) is 3.69. The van der Waals surface area contributed by atoms with E-state index in [1.807, 2.05) is 6.92 Å². The summed E-state index contributed by atoms with van der Waals surface area (Å²) in [6.45, 7) is 4.34. The van der Waals surface area contributed by atoms with Crippen LogP contribution in [0, 0.1) is 23.6 Å². The molecular formula is C16H21FN2O. The molecule has 0 saturated heterocycles. The Kier molecular flexibility index (Phi) is 5.34. The molecule has 108 valence electrons. The smallest absolute Gasteiger partial charge is 0.254 e. The number of aromatic nitrogens is 2. The number of ether oxygens (including phenoxy) is 1.